The molecule has 0 atom stereocenters. The number of Topliss-reactive ketones (excluding diaryl/α,β-unsaturated/α-hetero) is 1. The minimum absolute atomic E-state index is 0.211. The normalized spacial score (nSPS) is 10.8. The molecule has 2 aromatic heterocycles. The first kappa shape index (κ1) is 19.6. The van der Waals surface area contributed by atoms with E-state index in [0.29, 0.717) is 17.1 Å². The third-order valence-corrected chi connectivity index (χ3v) is 4.65. The Morgan fingerprint density at radius 2 is 2.00 bits per heavy atom. The van der Waals surface area contributed by atoms with Crippen molar-refractivity contribution in [2.24, 2.45) is 0 Å². The van der Waals surface area contributed by atoms with Gasteiger partial charge in [-0.1, -0.05) is 17.7 Å². The lowest BCUT2D eigenvalue weighted by Gasteiger charge is -2.07. The molecule has 144 valence electrons. The maximum Gasteiger partial charge on any atom is 0.374 e. The van der Waals surface area contributed by atoms with Crippen molar-refractivity contribution in [3.8, 4) is 0 Å². The van der Waals surface area contributed by atoms with Gasteiger partial charge in [-0.2, -0.15) is 0 Å². The first-order valence-electron chi connectivity index (χ1n) is 8.53. The molecular weight excluding hydrogens is 382 g/mol. The van der Waals surface area contributed by atoms with E-state index in [1.54, 1.807) is 18.2 Å². The highest BCUT2D eigenvalue weighted by atomic mass is 35.5. The van der Waals surface area contributed by atoms with E-state index in [-0.39, 0.29) is 22.5 Å². The zero-order chi connectivity index (χ0) is 20.4. The number of rotatable bonds is 6. The Morgan fingerprint density at radius 1 is 1.25 bits per heavy atom. The number of aromatic nitrogens is 1. The lowest BCUT2D eigenvalue weighted by Crippen LogP contribution is -2.16. The molecule has 0 N–H and O–H groups in total. The van der Waals surface area contributed by atoms with E-state index in [9.17, 15) is 14.4 Å². The van der Waals surface area contributed by atoms with Gasteiger partial charge in [0.25, 0.3) is 0 Å². The van der Waals surface area contributed by atoms with E-state index in [2.05, 4.69) is 6.58 Å². The molecule has 0 aliphatic heterocycles. The van der Waals surface area contributed by atoms with E-state index in [0.717, 1.165) is 17.5 Å². The minimum atomic E-state index is -0.887. The highest BCUT2D eigenvalue weighted by Gasteiger charge is 2.19. The summed E-state index contributed by atoms with van der Waals surface area (Å²) in [6.45, 7) is 7.52. The number of esters is 1. The molecule has 0 radical (unpaired) electrons. The van der Waals surface area contributed by atoms with Crippen molar-refractivity contribution in [3.05, 3.63) is 80.9 Å². The molecule has 0 saturated carbocycles. The van der Waals surface area contributed by atoms with E-state index < -0.39 is 18.0 Å². The smallest absolute Gasteiger partial charge is 0.374 e. The number of fused-ring (bicyclic) bond motifs is 1. The van der Waals surface area contributed by atoms with Gasteiger partial charge in [0.2, 0.25) is 11.5 Å². The predicted molar refractivity (Wildman–Crippen MR) is 106 cm³/mol. The third kappa shape index (κ3) is 3.77. The Hall–Kier alpha value is -3.12. The molecular formula is C21H18ClNO5. The van der Waals surface area contributed by atoms with Gasteiger partial charge in [0.05, 0.1) is 5.39 Å². The number of ether oxygens (including phenoxy) is 1. The highest BCUT2D eigenvalue weighted by molar-refractivity contribution is 6.31. The van der Waals surface area contributed by atoms with Gasteiger partial charge in [0, 0.05) is 34.6 Å². The lowest BCUT2D eigenvalue weighted by atomic mass is 10.1. The first-order chi connectivity index (χ1) is 13.3. The Bertz CT molecular complexity index is 1160. The standard InChI is InChI=1S/C21H18ClNO5/c1-4-7-23-12(2)8-15(13(23)3)18(25)11-27-21(26)20-10-17(24)16-9-14(22)5-6-19(16)28-20/h4-6,8-10H,1,7,11H2,2-3H3. The fraction of sp³-hybridized carbons (Fsp3) is 0.190. The van der Waals surface area contributed by atoms with Crippen molar-refractivity contribution in [1.29, 1.82) is 0 Å². The molecule has 28 heavy (non-hydrogen) atoms. The van der Waals surface area contributed by atoms with Gasteiger partial charge < -0.3 is 13.7 Å². The minimum Gasteiger partial charge on any atom is -0.451 e. The van der Waals surface area contributed by atoms with Crippen molar-refractivity contribution in [2.45, 2.75) is 20.4 Å². The van der Waals surface area contributed by atoms with Gasteiger partial charge in [-0.05, 0) is 38.1 Å². The molecule has 0 aliphatic rings. The Kier molecular flexibility index (Phi) is 5.51. The summed E-state index contributed by atoms with van der Waals surface area (Å²) in [6, 6.07) is 7.27. The SMILES string of the molecule is C=CCn1c(C)cc(C(=O)COC(=O)c2cc(=O)c3cc(Cl)ccc3o2)c1C. The van der Waals surface area contributed by atoms with Crippen LogP contribution in [0.1, 0.15) is 32.3 Å². The fourth-order valence-electron chi connectivity index (χ4n) is 3.00. The summed E-state index contributed by atoms with van der Waals surface area (Å²) >= 11 is 5.86. The van der Waals surface area contributed by atoms with E-state index in [1.807, 2.05) is 18.4 Å². The van der Waals surface area contributed by atoms with Crippen LogP contribution in [-0.2, 0) is 11.3 Å². The lowest BCUT2D eigenvalue weighted by molar-refractivity contribution is 0.0444. The Morgan fingerprint density at radius 3 is 2.71 bits per heavy atom. The molecule has 0 fully saturated rings. The van der Waals surface area contributed by atoms with Gasteiger partial charge in [-0.3, -0.25) is 9.59 Å². The van der Waals surface area contributed by atoms with Crippen LogP contribution in [0, 0.1) is 13.8 Å². The van der Waals surface area contributed by atoms with Crippen molar-refractivity contribution < 1.29 is 18.7 Å². The molecule has 0 spiro atoms. The fourth-order valence-corrected chi connectivity index (χ4v) is 3.17. The molecule has 7 heteroatoms. The molecule has 0 amide bonds. The number of hydrogen-bond acceptors (Lipinski definition) is 5. The zero-order valence-corrected chi connectivity index (χ0v) is 16.2. The molecule has 0 saturated heterocycles. The molecule has 0 aliphatic carbocycles. The Balaban J connectivity index is 1.77. The first-order valence-corrected chi connectivity index (χ1v) is 8.91. The third-order valence-electron chi connectivity index (χ3n) is 4.41. The van der Waals surface area contributed by atoms with Crippen LogP contribution < -0.4 is 5.43 Å². The topological polar surface area (TPSA) is 78.5 Å². The van der Waals surface area contributed by atoms with Crippen molar-refractivity contribution in [3.63, 3.8) is 0 Å². The molecule has 0 bridgehead atoms. The second-order valence-electron chi connectivity index (χ2n) is 6.30. The summed E-state index contributed by atoms with van der Waals surface area (Å²) < 4.78 is 12.4. The largest absolute Gasteiger partial charge is 0.451 e. The molecule has 1 aromatic carbocycles. The highest BCUT2D eigenvalue weighted by Crippen LogP contribution is 2.19. The average molecular weight is 400 g/mol. The maximum atomic E-state index is 12.5. The summed E-state index contributed by atoms with van der Waals surface area (Å²) in [5, 5.41) is 0.643. The molecule has 6 nitrogen and oxygen atoms in total. The van der Waals surface area contributed by atoms with Crippen LogP contribution >= 0.6 is 11.6 Å². The van der Waals surface area contributed by atoms with Crippen LogP contribution in [0.15, 0.2) is 52.2 Å². The van der Waals surface area contributed by atoms with Crippen molar-refractivity contribution in [2.75, 3.05) is 6.61 Å². The number of hydrogen-bond donors (Lipinski definition) is 0. The Labute approximate surface area is 166 Å². The van der Waals surface area contributed by atoms with Gasteiger partial charge in [-0.25, -0.2) is 4.79 Å². The summed E-state index contributed by atoms with van der Waals surface area (Å²) in [6.07, 6.45) is 1.74. The van der Waals surface area contributed by atoms with Gasteiger partial charge in [-0.15, -0.1) is 6.58 Å². The second-order valence-corrected chi connectivity index (χ2v) is 6.74. The van der Waals surface area contributed by atoms with Gasteiger partial charge in [0.1, 0.15) is 5.58 Å². The number of aryl methyl sites for hydroxylation is 1. The maximum absolute atomic E-state index is 12.5. The van der Waals surface area contributed by atoms with Crippen LogP contribution in [0.2, 0.25) is 5.02 Å². The van der Waals surface area contributed by atoms with Crippen molar-refractivity contribution >= 4 is 34.3 Å². The summed E-state index contributed by atoms with van der Waals surface area (Å²) in [7, 11) is 0. The number of allylic oxidation sites excluding steroid dienone is 1. The van der Waals surface area contributed by atoms with Crippen LogP contribution in [0.5, 0.6) is 0 Å². The van der Waals surface area contributed by atoms with Gasteiger partial charge in [0.15, 0.2) is 12.0 Å². The average Bonchev–Trinajstić information content (AvgIpc) is 2.95. The summed E-state index contributed by atoms with van der Waals surface area (Å²) in [4.78, 5) is 36.9. The monoisotopic (exact) mass is 399 g/mol. The van der Waals surface area contributed by atoms with Crippen LogP contribution in [-0.4, -0.2) is 22.9 Å². The number of carbonyl (C=O) groups excluding carboxylic acids is 2. The van der Waals surface area contributed by atoms with Crippen molar-refractivity contribution in [1.82, 2.24) is 4.57 Å². The zero-order valence-electron chi connectivity index (χ0n) is 15.5. The number of halogens is 1. The molecule has 0 unspecified atom stereocenters. The van der Waals surface area contributed by atoms with E-state index >= 15 is 0 Å². The summed E-state index contributed by atoms with van der Waals surface area (Å²) in [5.74, 6) is -1.50. The number of ketones is 1. The number of benzene rings is 1. The molecule has 3 rings (SSSR count). The van der Waals surface area contributed by atoms with Crippen LogP contribution in [0.3, 0.4) is 0 Å². The number of carbonyl (C=O) groups is 2. The molecule has 2 heterocycles. The number of nitrogens with zero attached hydrogens (tertiary/aromatic N) is 1. The summed E-state index contributed by atoms with van der Waals surface area (Å²) in [5.41, 5.74) is 1.94. The van der Waals surface area contributed by atoms with Crippen LogP contribution in [0.4, 0.5) is 0 Å². The van der Waals surface area contributed by atoms with E-state index in [4.69, 9.17) is 20.8 Å². The van der Waals surface area contributed by atoms with E-state index in [1.165, 1.54) is 12.1 Å². The second kappa shape index (κ2) is 7.86. The predicted octanol–water partition coefficient (Wildman–Crippen LogP) is 4.09. The van der Waals surface area contributed by atoms with Gasteiger partial charge >= 0.3 is 5.97 Å². The van der Waals surface area contributed by atoms with Crippen LogP contribution in [0.25, 0.3) is 11.0 Å². The molecule has 3 aromatic rings. The quantitative estimate of drug-likeness (QED) is 0.354.